The molecule has 1 saturated carbocycles. The number of likely N-dealkylation sites (N-methyl/N-ethyl adjacent to an activating group) is 1. The van der Waals surface area contributed by atoms with Crippen molar-refractivity contribution in [3.63, 3.8) is 0 Å². The fourth-order valence-corrected chi connectivity index (χ4v) is 1.58. The SMILES string of the molecule is CCN(CC(C)=CC(=O)O)CC1CC1. The molecule has 0 saturated heterocycles. The maximum absolute atomic E-state index is 10.4. The zero-order valence-corrected chi connectivity index (χ0v) is 8.99. The highest BCUT2D eigenvalue weighted by atomic mass is 16.4. The van der Waals surface area contributed by atoms with E-state index in [4.69, 9.17) is 5.11 Å². The molecular weight excluding hydrogens is 178 g/mol. The van der Waals surface area contributed by atoms with E-state index in [1.54, 1.807) is 0 Å². The molecule has 0 aromatic rings. The summed E-state index contributed by atoms with van der Waals surface area (Å²) in [6.07, 6.45) is 3.99. The van der Waals surface area contributed by atoms with Gasteiger partial charge in [-0.15, -0.1) is 0 Å². The number of carboxylic acids is 1. The normalized spacial score (nSPS) is 17.5. The molecule has 0 radical (unpaired) electrons. The molecule has 0 aromatic heterocycles. The zero-order chi connectivity index (χ0) is 10.6. The van der Waals surface area contributed by atoms with E-state index in [1.165, 1.54) is 18.9 Å². The van der Waals surface area contributed by atoms with Crippen LogP contribution >= 0.6 is 0 Å². The number of hydrogen-bond acceptors (Lipinski definition) is 2. The average molecular weight is 197 g/mol. The summed E-state index contributed by atoms with van der Waals surface area (Å²) < 4.78 is 0. The first-order valence-electron chi connectivity index (χ1n) is 5.24. The van der Waals surface area contributed by atoms with Crippen LogP contribution in [-0.4, -0.2) is 35.6 Å². The third-order valence-corrected chi connectivity index (χ3v) is 2.50. The first-order valence-corrected chi connectivity index (χ1v) is 5.24. The van der Waals surface area contributed by atoms with Gasteiger partial charge in [0.1, 0.15) is 0 Å². The summed E-state index contributed by atoms with van der Waals surface area (Å²) in [6.45, 7) is 6.92. The fraction of sp³-hybridized carbons (Fsp3) is 0.727. The number of carboxylic acid groups (broad SMARTS) is 1. The molecule has 3 nitrogen and oxygen atoms in total. The molecule has 0 unspecified atom stereocenters. The molecule has 1 N–H and O–H groups in total. The van der Waals surface area contributed by atoms with E-state index in [0.717, 1.165) is 31.1 Å². The van der Waals surface area contributed by atoms with Gasteiger partial charge in [-0.25, -0.2) is 4.79 Å². The second-order valence-electron chi connectivity index (χ2n) is 4.10. The summed E-state index contributed by atoms with van der Waals surface area (Å²) in [5.41, 5.74) is 0.931. The molecule has 0 aliphatic heterocycles. The average Bonchev–Trinajstić information content (AvgIpc) is 2.85. The van der Waals surface area contributed by atoms with E-state index in [2.05, 4.69) is 11.8 Å². The van der Waals surface area contributed by atoms with Gasteiger partial charge in [-0.2, -0.15) is 0 Å². The summed E-state index contributed by atoms with van der Waals surface area (Å²) in [6, 6.07) is 0. The van der Waals surface area contributed by atoms with Crippen LogP contribution in [0.2, 0.25) is 0 Å². The van der Waals surface area contributed by atoms with E-state index >= 15 is 0 Å². The number of carbonyl (C=O) groups is 1. The minimum Gasteiger partial charge on any atom is -0.478 e. The zero-order valence-electron chi connectivity index (χ0n) is 8.99. The van der Waals surface area contributed by atoms with Crippen LogP contribution in [0.5, 0.6) is 0 Å². The lowest BCUT2D eigenvalue weighted by atomic mass is 10.2. The second-order valence-corrected chi connectivity index (χ2v) is 4.10. The number of rotatable bonds is 6. The molecule has 1 aliphatic carbocycles. The van der Waals surface area contributed by atoms with Crippen molar-refractivity contribution in [3.05, 3.63) is 11.6 Å². The van der Waals surface area contributed by atoms with Crippen LogP contribution in [0, 0.1) is 5.92 Å². The maximum atomic E-state index is 10.4. The van der Waals surface area contributed by atoms with Gasteiger partial charge in [0.25, 0.3) is 0 Å². The molecule has 1 rings (SSSR count). The Kier molecular flexibility index (Phi) is 4.14. The third kappa shape index (κ3) is 4.42. The van der Waals surface area contributed by atoms with Crippen LogP contribution in [0.4, 0.5) is 0 Å². The Morgan fingerprint density at radius 3 is 2.64 bits per heavy atom. The van der Waals surface area contributed by atoms with Gasteiger partial charge in [-0.1, -0.05) is 12.5 Å². The molecule has 0 heterocycles. The maximum Gasteiger partial charge on any atom is 0.328 e. The number of hydrogen-bond donors (Lipinski definition) is 1. The van der Waals surface area contributed by atoms with Crippen molar-refractivity contribution in [1.82, 2.24) is 4.90 Å². The van der Waals surface area contributed by atoms with E-state index < -0.39 is 5.97 Å². The highest BCUT2D eigenvalue weighted by Gasteiger charge is 2.23. The highest BCUT2D eigenvalue weighted by Crippen LogP contribution is 2.29. The fourth-order valence-electron chi connectivity index (χ4n) is 1.58. The molecule has 3 heteroatoms. The van der Waals surface area contributed by atoms with Crippen molar-refractivity contribution in [2.24, 2.45) is 5.92 Å². The Morgan fingerprint density at radius 1 is 1.57 bits per heavy atom. The van der Waals surface area contributed by atoms with Crippen molar-refractivity contribution < 1.29 is 9.90 Å². The van der Waals surface area contributed by atoms with Crippen LogP contribution in [0.1, 0.15) is 26.7 Å². The largest absolute Gasteiger partial charge is 0.478 e. The Balaban J connectivity index is 2.33. The molecule has 14 heavy (non-hydrogen) atoms. The third-order valence-electron chi connectivity index (χ3n) is 2.50. The summed E-state index contributed by atoms with van der Waals surface area (Å²) >= 11 is 0. The molecule has 0 bridgehead atoms. The lowest BCUT2D eigenvalue weighted by Crippen LogP contribution is -2.27. The van der Waals surface area contributed by atoms with E-state index in [-0.39, 0.29) is 0 Å². The van der Waals surface area contributed by atoms with Gasteiger partial charge in [0, 0.05) is 19.2 Å². The lowest BCUT2D eigenvalue weighted by Gasteiger charge is -2.20. The molecule has 0 aromatic carbocycles. The van der Waals surface area contributed by atoms with Gasteiger partial charge in [0.15, 0.2) is 0 Å². The quantitative estimate of drug-likeness (QED) is 0.659. The summed E-state index contributed by atoms with van der Waals surface area (Å²) in [7, 11) is 0. The molecule has 0 spiro atoms. The van der Waals surface area contributed by atoms with Crippen LogP contribution in [0.3, 0.4) is 0 Å². The highest BCUT2D eigenvalue weighted by molar-refractivity contribution is 5.80. The Labute approximate surface area is 85.4 Å². The summed E-state index contributed by atoms with van der Waals surface area (Å²) in [4.78, 5) is 12.7. The second kappa shape index (κ2) is 5.15. The van der Waals surface area contributed by atoms with Crippen molar-refractivity contribution in [2.75, 3.05) is 19.6 Å². The smallest absolute Gasteiger partial charge is 0.328 e. The van der Waals surface area contributed by atoms with Crippen LogP contribution in [-0.2, 0) is 4.79 Å². The molecular formula is C11H19NO2. The van der Waals surface area contributed by atoms with Crippen molar-refractivity contribution in [1.29, 1.82) is 0 Å². The van der Waals surface area contributed by atoms with Gasteiger partial charge >= 0.3 is 5.97 Å². The summed E-state index contributed by atoms with van der Waals surface area (Å²) in [5, 5.41) is 8.57. The Bertz CT molecular complexity index is 231. The predicted molar refractivity (Wildman–Crippen MR) is 56.2 cm³/mol. The Hall–Kier alpha value is -0.830. The van der Waals surface area contributed by atoms with Crippen LogP contribution in [0.15, 0.2) is 11.6 Å². The topological polar surface area (TPSA) is 40.5 Å². The molecule has 1 aliphatic rings. The van der Waals surface area contributed by atoms with E-state index in [0.29, 0.717) is 0 Å². The minimum absolute atomic E-state index is 0.791. The molecule has 1 fully saturated rings. The van der Waals surface area contributed by atoms with Crippen molar-refractivity contribution >= 4 is 5.97 Å². The first-order chi connectivity index (χ1) is 6.61. The van der Waals surface area contributed by atoms with Gasteiger partial charge in [-0.05, 0) is 32.2 Å². The van der Waals surface area contributed by atoms with Crippen LogP contribution in [0.25, 0.3) is 0 Å². The van der Waals surface area contributed by atoms with Crippen molar-refractivity contribution in [2.45, 2.75) is 26.7 Å². The molecule has 0 atom stereocenters. The van der Waals surface area contributed by atoms with Crippen LogP contribution < -0.4 is 0 Å². The number of nitrogens with zero attached hydrogens (tertiary/aromatic N) is 1. The monoisotopic (exact) mass is 197 g/mol. The minimum atomic E-state index is -0.843. The van der Waals surface area contributed by atoms with Gasteiger partial charge in [0.2, 0.25) is 0 Å². The molecule has 80 valence electrons. The molecule has 0 amide bonds. The predicted octanol–water partition coefficient (Wildman–Crippen LogP) is 1.75. The first kappa shape index (κ1) is 11.2. The van der Waals surface area contributed by atoms with E-state index in [9.17, 15) is 4.79 Å². The van der Waals surface area contributed by atoms with Gasteiger partial charge < -0.3 is 5.11 Å². The van der Waals surface area contributed by atoms with Gasteiger partial charge in [-0.3, -0.25) is 4.90 Å². The standard InChI is InChI=1S/C11H19NO2/c1-3-12(8-10-4-5-10)7-9(2)6-11(13)14/h6,10H,3-5,7-8H2,1-2H3,(H,13,14). The van der Waals surface area contributed by atoms with Gasteiger partial charge in [0.05, 0.1) is 0 Å². The lowest BCUT2D eigenvalue weighted by molar-refractivity contribution is -0.131. The summed E-state index contributed by atoms with van der Waals surface area (Å²) in [5.74, 6) is 0.0255. The van der Waals surface area contributed by atoms with E-state index in [1.807, 2.05) is 6.92 Å². The number of aliphatic carboxylic acids is 1. The van der Waals surface area contributed by atoms with Crippen molar-refractivity contribution in [3.8, 4) is 0 Å². The Morgan fingerprint density at radius 2 is 2.21 bits per heavy atom.